The average Bonchev–Trinajstić information content (AvgIpc) is 3.08. The van der Waals surface area contributed by atoms with Gasteiger partial charge in [-0.2, -0.15) is 9.97 Å². The van der Waals surface area contributed by atoms with Crippen molar-refractivity contribution in [3.05, 3.63) is 35.4 Å². The molecule has 2 saturated carbocycles. The van der Waals surface area contributed by atoms with Gasteiger partial charge < -0.3 is 25.8 Å². The van der Waals surface area contributed by atoms with E-state index in [2.05, 4.69) is 27.4 Å². The Kier molecular flexibility index (Phi) is 8.29. The van der Waals surface area contributed by atoms with Crippen molar-refractivity contribution in [2.45, 2.75) is 76.5 Å². The van der Waals surface area contributed by atoms with Crippen molar-refractivity contribution < 1.29 is 19.4 Å². The van der Waals surface area contributed by atoms with Crippen molar-refractivity contribution in [1.29, 1.82) is 0 Å². The molecule has 0 unspecified atom stereocenters. The number of carbonyl (C=O) groups excluding carboxylic acids is 1. The van der Waals surface area contributed by atoms with Gasteiger partial charge in [0.2, 0.25) is 11.8 Å². The summed E-state index contributed by atoms with van der Waals surface area (Å²) < 4.78 is 5.87. The van der Waals surface area contributed by atoms with Crippen molar-refractivity contribution in [3.63, 3.8) is 0 Å². The lowest BCUT2D eigenvalue weighted by Crippen LogP contribution is -2.32. The van der Waals surface area contributed by atoms with Gasteiger partial charge in [0.05, 0.1) is 6.54 Å². The molecule has 1 aliphatic heterocycles. The Hall–Kier alpha value is -3.36. The molecule has 9 nitrogen and oxygen atoms in total. The van der Waals surface area contributed by atoms with Crippen molar-refractivity contribution in [3.8, 4) is 5.88 Å². The molecule has 4 N–H and O–H groups in total. The first-order valence-corrected chi connectivity index (χ1v) is 14.2. The third-order valence-electron chi connectivity index (χ3n) is 8.46. The monoisotopic (exact) mass is 521 g/mol. The Morgan fingerprint density at radius 2 is 1.76 bits per heavy atom. The molecule has 0 atom stereocenters. The normalized spacial score (nSPS) is 22.3. The lowest BCUT2D eigenvalue weighted by atomic mass is 9.77. The number of hydrogen-bond acceptors (Lipinski definition) is 7. The molecule has 5 rings (SSSR count). The molecule has 0 saturated heterocycles. The maximum Gasteiger partial charge on any atom is 0.303 e. The average molecular weight is 522 g/mol. The van der Waals surface area contributed by atoms with Crippen LogP contribution in [-0.2, 0) is 4.79 Å². The molecule has 3 aliphatic rings. The van der Waals surface area contributed by atoms with Gasteiger partial charge >= 0.3 is 5.97 Å². The third kappa shape index (κ3) is 6.19. The highest BCUT2D eigenvalue weighted by Gasteiger charge is 2.30. The number of amides is 1. The number of hydrogen-bond donors (Lipinski definition) is 3. The minimum Gasteiger partial charge on any atom is -0.481 e. The van der Waals surface area contributed by atoms with Gasteiger partial charge in [0, 0.05) is 18.7 Å². The van der Waals surface area contributed by atoms with Crippen LogP contribution in [0.25, 0.3) is 0 Å². The molecule has 2 heterocycles. The van der Waals surface area contributed by atoms with Gasteiger partial charge in [-0.25, -0.2) is 0 Å². The molecule has 2 aromatic rings. The van der Waals surface area contributed by atoms with Gasteiger partial charge in [-0.05, 0) is 67.6 Å². The Bertz CT molecular complexity index is 1120. The standard InChI is InChI=1S/C29H39N5O4/c30-26-25-27(33-29(32-26)31-15-14-19-4-2-1-3-5-19)38-17-16-34(28(25)37)23-12-10-22(11-13-23)21-8-6-20(7-9-21)18-24(35)36/h10-13,19-21H,1-9,14-18H2,(H,35,36)(H3,30,31,32,33). The number of fused-ring (bicyclic) bond motifs is 1. The summed E-state index contributed by atoms with van der Waals surface area (Å²) in [5.41, 5.74) is 8.49. The fourth-order valence-electron chi connectivity index (χ4n) is 6.29. The van der Waals surface area contributed by atoms with Crippen molar-refractivity contribution >= 4 is 29.3 Å². The minimum atomic E-state index is -0.710. The summed E-state index contributed by atoms with van der Waals surface area (Å²) in [6.07, 6.45) is 11.8. The van der Waals surface area contributed by atoms with Crippen LogP contribution in [0, 0.1) is 11.8 Å². The number of anilines is 3. The van der Waals surface area contributed by atoms with Crippen LogP contribution in [0.5, 0.6) is 5.88 Å². The van der Waals surface area contributed by atoms with Gasteiger partial charge in [0.15, 0.2) is 0 Å². The number of aromatic nitrogens is 2. The van der Waals surface area contributed by atoms with Gasteiger partial charge in [-0.15, -0.1) is 0 Å². The van der Waals surface area contributed by atoms with Crippen LogP contribution in [0.2, 0.25) is 0 Å². The number of ether oxygens (including phenoxy) is 1. The Labute approximate surface area is 224 Å². The summed E-state index contributed by atoms with van der Waals surface area (Å²) in [4.78, 5) is 35.1. The number of carboxylic acids is 1. The zero-order chi connectivity index (χ0) is 26.5. The number of carboxylic acid groups (broad SMARTS) is 1. The maximum absolute atomic E-state index is 13.5. The second-order valence-corrected chi connectivity index (χ2v) is 11.0. The number of nitrogen functional groups attached to an aromatic ring is 1. The highest BCUT2D eigenvalue weighted by molar-refractivity contribution is 6.10. The van der Waals surface area contributed by atoms with E-state index in [0.717, 1.165) is 50.3 Å². The third-order valence-corrected chi connectivity index (χ3v) is 8.46. The summed E-state index contributed by atoms with van der Waals surface area (Å²) in [5, 5.41) is 12.3. The van der Waals surface area contributed by atoms with Crippen LogP contribution in [0.1, 0.15) is 92.5 Å². The van der Waals surface area contributed by atoms with Gasteiger partial charge in [-0.3, -0.25) is 9.59 Å². The molecule has 1 aromatic heterocycles. The van der Waals surface area contributed by atoms with E-state index in [1.165, 1.54) is 37.7 Å². The van der Waals surface area contributed by atoms with E-state index < -0.39 is 5.97 Å². The topological polar surface area (TPSA) is 131 Å². The van der Waals surface area contributed by atoms with E-state index in [0.29, 0.717) is 25.0 Å². The van der Waals surface area contributed by atoms with E-state index in [9.17, 15) is 9.59 Å². The van der Waals surface area contributed by atoms with Crippen LogP contribution in [0.15, 0.2) is 24.3 Å². The number of carbonyl (C=O) groups is 2. The highest BCUT2D eigenvalue weighted by Crippen LogP contribution is 2.38. The van der Waals surface area contributed by atoms with Crippen molar-refractivity contribution in [2.75, 3.05) is 35.6 Å². The molecule has 204 valence electrons. The number of rotatable bonds is 8. The lowest BCUT2D eigenvalue weighted by Gasteiger charge is -2.28. The first kappa shape index (κ1) is 26.3. The maximum atomic E-state index is 13.5. The minimum absolute atomic E-state index is 0.127. The Morgan fingerprint density at radius 1 is 1.03 bits per heavy atom. The second-order valence-electron chi connectivity index (χ2n) is 11.0. The summed E-state index contributed by atoms with van der Waals surface area (Å²) >= 11 is 0. The first-order valence-electron chi connectivity index (χ1n) is 14.2. The smallest absolute Gasteiger partial charge is 0.303 e. The summed E-state index contributed by atoms with van der Waals surface area (Å²) in [7, 11) is 0. The molecule has 38 heavy (non-hydrogen) atoms. The van der Waals surface area contributed by atoms with Gasteiger partial charge in [0.25, 0.3) is 5.91 Å². The Morgan fingerprint density at radius 3 is 2.47 bits per heavy atom. The molecule has 0 spiro atoms. The number of benzene rings is 1. The summed E-state index contributed by atoms with van der Waals surface area (Å²) in [5.74, 6) is 1.25. The van der Waals surface area contributed by atoms with Gasteiger partial charge in [-0.1, -0.05) is 44.2 Å². The molecule has 2 fully saturated rings. The predicted molar refractivity (Wildman–Crippen MR) is 147 cm³/mol. The van der Waals surface area contributed by atoms with Crippen LogP contribution in [0.3, 0.4) is 0 Å². The van der Waals surface area contributed by atoms with Crippen LogP contribution in [0.4, 0.5) is 17.5 Å². The first-order chi connectivity index (χ1) is 18.5. The van der Waals surface area contributed by atoms with Crippen molar-refractivity contribution in [2.24, 2.45) is 11.8 Å². The Balaban J connectivity index is 1.22. The fourth-order valence-corrected chi connectivity index (χ4v) is 6.29. The fraction of sp³-hybridized carbons (Fsp3) is 0.586. The second kappa shape index (κ2) is 12.0. The number of nitrogens with one attached hydrogen (secondary N) is 1. The SMILES string of the molecule is Nc1nc(NCCC2CCCCC2)nc2c1C(=O)N(c1ccc(C3CCC(CC(=O)O)CC3)cc1)CCO2. The van der Waals surface area contributed by atoms with Crippen molar-refractivity contribution in [1.82, 2.24) is 9.97 Å². The molecule has 9 heteroatoms. The lowest BCUT2D eigenvalue weighted by molar-refractivity contribution is -0.138. The van der Waals surface area contributed by atoms with E-state index in [1.54, 1.807) is 4.90 Å². The van der Waals surface area contributed by atoms with E-state index in [1.807, 2.05) is 12.1 Å². The van der Waals surface area contributed by atoms with E-state index >= 15 is 0 Å². The van der Waals surface area contributed by atoms with Gasteiger partial charge in [0.1, 0.15) is 18.0 Å². The summed E-state index contributed by atoms with van der Waals surface area (Å²) in [6.45, 7) is 1.47. The zero-order valence-corrected chi connectivity index (χ0v) is 22.0. The molecule has 1 amide bonds. The van der Waals surface area contributed by atoms with E-state index in [-0.39, 0.29) is 35.5 Å². The zero-order valence-electron chi connectivity index (χ0n) is 22.0. The molecule has 0 bridgehead atoms. The van der Waals surface area contributed by atoms with Crippen LogP contribution < -0.4 is 20.7 Å². The van der Waals surface area contributed by atoms with E-state index in [4.69, 9.17) is 15.6 Å². The summed E-state index contributed by atoms with van der Waals surface area (Å²) in [6, 6.07) is 8.10. The number of nitrogens with two attached hydrogens (primary N) is 1. The quantitative estimate of drug-likeness (QED) is 0.430. The largest absolute Gasteiger partial charge is 0.481 e. The number of aliphatic carboxylic acids is 1. The molecular weight excluding hydrogens is 482 g/mol. The predicted octanol–water partition coefficient (Wildman–Crippen LogP) is 5.23. The number of nitrogens with zero attached hydrogens (tertiary/aromatic N) is 3. The van der Waals surface area contributed by atoms with Crippen LogP contribution in [-0.4, -0.2) is 46.6 Å². The molecular formula is C29H39N5O4. The van der Waals surface area contributed by atoms with Crippen LogP contribution >= 0.6 is 0 Å². The molecule has 2 aliphatic carbocycles. The molecule has 0 radical (unpaired) electrons. The highest BCUT2D eigenvalue weighted by atomic mass is 16.5. The molecule has 1 aromatic carbocycles.